The van der Waals surface area contributed by atoms with Crippen LogP contribution in [-0.4, -0.2) is 9.55 Å². The van der Waals surface area contributed by atoms with Crippen molar-refractivity contribution in [3.63, 3.8) is 0 Å². The lowest BCUT2D eigenvalue weighted by molar-refractivity contribution is 0.759. The van der Waals surface area contributed by atoms with Gasteiger partial charge in [0.05, 0.1) is 17.4 Å². The SMILES string of the molecule is O=c1c2ccccc2nc(-c2ccc(Cl)cc2)n1Cc1ccc(Cl)cc1. The molecule has 0 N–H and O–H groups in total. The molecule has 4 rings (SSSR count). The number of benzene rings is 3. The minimum atomic E-state index is -0.0736. The van der Waals surface area contributed by atoms with Crippen LogP contribution in [0.25, 0.3) is 22.3 Å². The molecular formula is C21H14Cl2N2O. The van der Waals surface area contributed by atoms with Gasteiger partial charge in [0.1, 0.15) is 5.82 Å². The average Bonchev–Trinajstić information content (AvgIpc) is 2.66. The lowest BCUT2D eigenvalue weighted by atomic mass is 10.1. The van der Waals surface area contributed by atoms with E-state index in [0.29, 0.717) is 33.3 Å². The average molecular weight is 381 g/mol. The molecular weight excluding hydrogens is 367 g/mol. The fourth-order valence-electron chi connectivity index (χ4n) is 2.91. The first-order valence-electron chi connectivity index (χ1n) is 8.12. The van der Waals surface area contributed by atoms with Gasteiger partial charge in [-0.1, -0.05) is 47.5 Å². The smallest absolute Gasteiger partial charge is 0.261 e. The molecule has 0 amide bonds. The van der Waals surface area contributed by atoms with Crippen molar-refractivity contribution < 1.29 is 0 Å². The number of hydrogen-bond donors (Lipinski definition) is 0. The van der Waals surface area contributed by atoms with Crippen LogP contribution >= 0.6 is 23.2 Å². The van der Waals surface area contributed by atoms with Gasteiger partial charge in [0.25, 0.3) is 5.56 Å². The molecule has 0 aliphatic rings. The van der Waals surface area contributed by atoms with Gasteiger partial charge < -0.3 is 0 Å². The second-order valence-corrected chi connectivity index (χ2v) is 6.85. The Bertz CT molecular complexity index is 1130. The van der Waals surface area contributed by atoms with Gasteiger partial charge in [-0.25, -0.2) is 4.98 Å². The summed E-state index contributed by atoms with van der Waals surface area (Å²) in [5.41, 5.74) is 2.42. The van der Waals surface area contributed by atoms with Crippen LogP contribution in [0.3, 0.4) is 0 Å². The summed E-state index contributed by atoms with van der Waals surface area (Å²) in [6, 6.07) is 22.2. The molecule has 0 atom stereocenters. The fourth-order valence-corrected chi connectivity index (χ4v) is 3.16. The molecule has 26 heavy (non-hydrogen) atoms. The highest BCUT2D eigenvalue weighted by molar-refractivity contribution is 6.30. The lowest BCUT2D eigenvalue weighted by Gasteiger charge is -2.14. The maximum Gasteiger partial charge on any atom is 0.261 e. The Morgan fingerprint density at radius 1 is 0.808 bits per heavy atom. The molecule has 0 fully saturated rings. The number of nitrogens with zero attached hydrogens (tertiary/aromatic N) is 2. The minimum Gasteiger partial charge on any atom is -0.288 e. The first-order valence-corrected chi connectivity index (χ1v) is 8.87. The summed E-state index contributed by atoms with van der Waals surface area (Å²) in [4.78, 5) is 17.9. The Labute approximate surface area is 160 Å². The highest BCUT2D eigenvalue weighted by Crippen LogP contribution is 2.22. The maximum absolute atomic E-state index is 13.1. The highest BCUT2D eigenvalue weighted by Gasteiger charge is 2.13. The van der Waals surface area contributed by atoms with Gasteiger partial charge >= 0.3 is 0 Å². The van der Waals surface area contributed by atoms with Gasteiger partial charge in [0.15, 0.2) is 0 Å². The zero-order valence-electron chi connectivity index (χ0n) is 13.7. The number of para-hydroxylation sites is 1. The normalized spacial score (nSPS) is 11.0. The van der Waals surface area contributed by atoms with E-state index in [1.165, 1.54) is 0 Å². The Kier molecular flexibility index (Phi) is 4.49. The van der Waals surface area contributed by atoms with Crippen molar-refractivity contribution in [2.24, 2.45) is 0 Å². The quantitative estimate of drug-likeness (QED) is 0.475. The van der Waals surface area contributed by atoms with E-state index in [-0.39, 0.29) is 5.56 Å². The summed E-state index contributed by atoms with van der Waals surface area (Å²) in [5.74, 6) is 0.611. The third-order valence-electron chi connectivity index (χ3n) is 4.22. The van der Waals surface area contributed by atoms with Crippen molar-refractivity contribution in [2.45, 2.75) is 6.54 Å². The van der Waals surface area contributed by atoms with Crippen LogP contribution in [0.4, 0.5) is 0 Å². The van der Waals surface area contributed by atoms with Crippen LogP contribution in [0, 0.1) is 0 Å². The summed E-state index contributed by atoms with van der Waals surface area (Å²) in [7, 11) is 0. The van der Waals surface area contributed by atoms with Crippen LogP contribution < -0.4 is 5.56 Å². The van der Waals surface area contributed by atoms with Crippen LogP contribution in [-0.2, 0) is 6.54 Å². The van der Waals surface area contributed by atoms with Crippen molar-refractivity contribution in [3.8, 4) is 11.4 Å². The molecule has 0 aliphatic carbocycles. The van der Waals surface area contributed by atoms with Crippen molar-refractivity contribution >= 4 is 34.1 Å². The standard InChI is InChI=1S/C21H14Cl2N2O/c22-16-9-5-14(6-10-16)13-25-20(15-7-11-17(23)12-8-15)24-19-4-2-1-3-18(19)21(25)26/h1-12H,13H2. The molecule has 0 spiro atoms. The second kappa shape index (κ2) is 6.94. The predicted molar refractivity (Wildman–Crippen MR) is 107 cm³/mol. The first kappa shape index (κ1) is 16.8. The summed E-state index contributed by atoms with van der Waals surface area (Å²) in [5, 5.41) is 1.90. The van der Waals surface area contributed by atoms with Gasteiger partial charge in [-0.05, 0) is 54.1 Å². The Hall–Kier alpha value is -2.62. The number of halogens is 2. The van der Waals surface area contributed by atoms with Crippen molar-refractivity contribution in [1.82, 2.24) is 9.55 Å². The van der Waals surface area contributed by atoms with Crippen molar-refractivity contribution in [2.75, 3.05) is 0 Å². The van der Waals surface area contributed by atoms with E-state index in [1.807, 2.05) is 54.6 Å². The Morgan fingerprint density at radius 2 is 1.42 bits per heavy atom. The minimum absolute atomic E-state index is 0.0736. The lowest BCUT2D eigenvalue weighted by Crippen LogP contribution is -2.24. The predicted octanol–water partition coefficient (Wildman–Crippen LogP) is 5.42. The van der Waals surface area contributed by atoms with E-state index >= 15 is 0 Å². The van der Waals surface area contributed by atoms with E-state index in [2.05, 4.69) is 0 Å². The molecule has 3 nitrogen and oxygen atoms in total. The van der Waals surface area contributed by atoms with Gasteiger partial charge in [0.2, 0.25) is 0 Å². The topological polar surface area (TPSA) is 34.9 Å². The molecule has 0 saturated heterocycles. The summed E-state index contributed by atoms with van der Waals surface area (Å²) in [6.45, 7) is 0.409. The zero-order valence-corrected chi connectivity index (χ0v) is 15.2. The van der Waals surface area contributed by atoms with E-state index in [4.69, 9.17) is 28.2 Å². The van der Waals surface area contributed by atoms with E-state index < -0.39 is 0 Å². The summed E-state index contributed by atoms with van der Waals surface area (Å²) >= 11 is 12.0. The van der Waals surface area contributed by atoms with Gasteiger partial charge in [-0.3, -0.25) is 9.36 Å². The summed E-state index contributed by atoms with van der Waals surface area (Å²) in [6.07, 6.45) is 0. The number of hydrogen-bond acceptors (Lipinski definition) is 2. The first-order chi connectivity index (χ1) is 12.6. The third kappa shape index (κ3) is 3.24. The molecule has 0 aliphatic heterocycles. The second-order valence-electron chi connectivity index (χ2n) is 5.98. The van der Waals surface area contributed by atoms with Crippen molar-refractivity contribution in [3.05, 3.63) is 98.8 Å². The van der Waals surface area contributed by atoms with Crippen LogP contribution in [0.15, 0.2) is 77.6 Å². The van der Waals surface area contributed by atoms with Gasteiger partial charge in [0, 0.05) is 15.6 Å². The van der Waals surface area contributed by atoms with Crippen LogP contribution in [0.5, 0.6) is 0 Å². The summed E-state index contributed by atoms with van der Waals surface area (Å²) < 4.78 is 1.69. The molecule has 128 valence electrons. The molecule has 0 bridgehead atoms. The molecule has 1 aromatic heterocycles. The number of rotatable bonds is 3. The van der Waals surface area contributed by atoms with E-state index in [9.17, 15) is 4.79 Å². The molecule has 0 saturated carbocycles. The number of fused-ring (bicyclic) bond motifs is 1. The molecule has 0 radical (unpaired) electrons. The molecule has 4 aromatic rings. The monoisotopic (exact) mass is 380 g/mol. The van der Waals surface area contributed by atoms with Crippen LogP contribution in [0.1, 0.15) is 5.56 Å². The largest absolute Gasteiger partial charge is 0.288 e. The molecule has 5 heteroatoms. The molecule has 3 aromatic carbocycles. The molecule has 0 unspecified atom stereocenters. The maximum atomic E-state index is 13.1. The Balaban J connectivity index is 1.94. The van der Waals surface area contributed by atoms with Crippen LogP contribution in [0.2, 0.25) is 10.0 Å². The fraction of sp³-hybridized carbons (Fsp3) is 0.0476. The molecule has 1 heterocycles. The number of aromatic nitrogens is 2. The Morgan fingerprint density at radius 3 is 2.12 bits per heavy atom. The van der Waals surface area contributed by atoms with E-state index in [0.717, 1.165) is 11.1 Å². The highest BCUT2D eigenvalue weighted by atomic mass is 35.5. The zero-order chi connectivity index (χ0) is 18.1. The van der Waals surface area contributed by atoms with Gasteiger partial charge in [-0.2, -0.15) is 0 Å². The third-order valence-corrected chi connectivity index (χ3v) is 4.72. The van der Waals surface area contributed by atoms with E-state index in [1.54, 1.807) is 22.8 Å². The van der Waals surface area contributed by atoms with Gasteiger partial charge in [-0.15, -0.1) is 0 Å². The van der Waals surface area contributed by atoms with Crippen molar-refractivity contribution in [1.29, 1.82) is 0 Å².